The first kappa shape index (κ1) is 29.9. The van der Waals surface area contributed by atoms with Crippen LogP contribution in [0.1, 0.15) is 18.9 Å². The maximum absolute atomic E-state index is 16.2. The number of hydrogen-bond donors (Lipinski definition) is 4. The van der Waals surface area contributed by atoms with Crippen molar-refractivity contribution in [2.75, 3.05) is 18.1 Å². The highest BCUT2D eigenvalue weighted by Gasteiger charge is 2.74. The molecule has 4 fully saturated rings. The number of ether oxygens (including phenoxy) is 2. The van der Waals surface area contributed by atoms with Crippen molar-refractivity contribution in [3.05, 3.63) is 25.3 Å². The van der Waals surface area contributed by atoms with Crippen LogP contribution in [0, 0.1) is 0 Å². The molecule has 3 aliphatic heterocycles. The number of nitrogens with zero attached hydrogens (tertiary/aromatic N) is 8. The molecule has 2 bridgehead atoms. The topological polar surface area (TPSA) is 232 Å². The Morgan fingerprint density at radius 2 is 1.58 bits per heavy atom. The van der Waals surface area contributed by atoms with Crippen LogP contribution in [0.3, 0.4) is 0 Å². The molecule has 18 nitrogen and oxygen atoms in total. The molecule has 1 spiro atoms. The van der Waals surface area contributed by atoms with Crippen molar-refractivity contribution < 1.29 is 45.8 Å². The summed E-state index contributed by atoms with van der Waals surface area (Å²) in [5, 5.41) is 0. The van der Waals surface area contributed by atoms with E-state index in [1.54, 1.807) is 0 Å². The molecule has 4 aromatic heterocycles. The van der Waals surface area contributed by atoms with Gasteiger partial charge in [-0.15, -0.1) is 0 Å². The summed E-state index contributed by atoms with van der Waals surface area (Å²) in [5.74, 6) is 0.120. The first-order valence-corrected chi connectivity index (χ1v) is 18.5. The Morgan fingerprint density at radius 3 is 2.22 bits per heavy atom. The van der Waals surface area contributed by atoms with Gasteiger partial charge in [-0.3, -0.25) is 22.7 Å². The Bertz CT molecular complexity index is 1940. The van der Waals surface area contributed by atoms with Crippen LogP contribution in [0.5, 0.6) is 0 Å². The van der Waals surface area contributed by atoms with Crippen molar-refractivity contribution in [1.82, 2.24) is 39.0 Å². The summed E-state index contributed by atoms with van der Waals surface area (Å²) in [7, 11) is 0. The van der Waals surface area contributed by atoms with Gasteiger partial charge in [0.1, 0.15) is 53.7 Å². The molecule has 0 aromatic carbocycles. The fourth-order valence-corrected chi connectivity index (χ4v) is 9.12. The summed E-state index contributed by atoms with van der Waals surface area (Å²) in [4.78, 5) is 35.5. The van der Waals surface area contributed by atoms with E-state index in [0.29, 0.717) is 0 Å². The zero-order chi connectivity index (χ0) is 31.5. The number of rotatable bonds is 2. The predicted molar refractivity (Wildman–Crippen MR) is 154 cm³/mol. The molecule has 4 aliphatic rings. The maximum atomic E-state index is 16.2. The average molecular weight is 707 g/mol. The van der Waals surface area contributed by atoms with Gasteiger partial charge in [0.2, 0.25) is 0 Å². The normalized spacial score (nSPS) is 41.7. The summed E-state index contributed by atoms with van der Waals surface area (Å²) >= 11 is 9.32. The number of imidazole rings is 2. The summed E-state index contributed by atoms with van der Waals surface area (Å²) < 4.78 is 82.8. The van der Waals surface area contributed by atoms with Gasteiger partial charge in [0.25, 0.3) is 0 Å². The SMILES string of the molecule is Nc1ncnc2c1ncn2[C@@H]1OC23C[C@H]2OP(O)(=S)O[C@H]2[C@H](n4cnc5c(N)ncnc54)OC(COP(=O)(S)O[C@H]3[C@H]1F)[C@@H]2F. The number of aromatic nitrogens is 8. The second kappa shape index (κ2) is 10.3. The van der Waals surface area contributed by atoms with Gasteiger partial charge >= 0.3 is 13.5 Å². The van der Waals surface area contributed by atoms with E-state index in [4.69, 9.17) is 50.8 Å². The molecule has 240 valence electrons. The minimum Gasteiger partial charge on any atom is -0.382 e. The van der Waals surface area contributed by atoms with Crippen molar-refractivity contribution >= 4 is 71.5 Å². The zero-order valence-electron chi connectivity index (χ0n) is 22.4. The summed E-state index contributed by atoms with van der Waals surface area (Å²) in [5.41, 5.74) is 10.9. The molecular formula is C21H22F2N10O8P2S2. The Labute approximate surface area is 260 Å². The van der Waals surface area contributed by atoms with Crippen LogP contribution in [-0.4, -0.2) is 92.9 Å². The van der Waals surface area contributed by atoms with Crippen LogP contribution in [-0.2, 0) is 43.9 Å². The van der Waals surface area contributed by atoms with E-state index < -0.39 is 74.9 Å². The molecule has 11 atom stereocenters. The van der Waals surface area contributed by atoms with Crippen molar-refractivity contribution in [1.29, 1.82) is 0 Å². The quantitative estimate of drug-likeness (QED) is 0.171. The number of nitrogens with two attached hydrogens (primary N) is 2. The van der Waals surface area contributed by atoms with Gasteiger partial charge in [0, 0.05) is 6.42 Å². The first-order valence-electron chi connectivity index (χ1n) is 13.2. The van der Waals surface area contributed by atoms with Gasteiger partial charge in [-0.05, 0) is 11.8 Å². The van der Waals surface area contributed by atoms with Gasteiger partial charge < -0.3 is 30.4 Å². The number of alkyl halides is 2. The fourth-order valence-electron chi connectivity index (χ4n) is 5.87. The highest BCUT2D eigenvalue weighted by molar-refractivity contribution is 8.44. The molecule has 0 radical (unpaired) electrons. The van der Waals surface area contributed by atoms with Crippen molar-refractivity contribution in [2.24, 2.45) is 0 Å². The third-order valence-electron chi connectivity index (χ3n) is 8.02. The number of anilines is 2. The van der Waals surface area contributed by atoms with E-state index in [2.05, 4.69) is 42.2 Å². The number of hydrogen-bond acceptors (Lipinski definition) is 16. The Hall–Kier alpha value is -2.49. The molecule has 0 amide bonds. The van der Waals surface area contributed by atoms with Crippen LogP contribution in [0.25, 0.3) is 22.3 Å². The number of thiol groups is 1. The predicted octanol–water partition coefficient (Wildman–Crippen LogP) is 1.52. The number of nitrogen functional groups attached to an aromatic ring is 2. The number of halogens is 2. The maximum Gasteiger partial charge on any atom is 0.386 e. The van der Waals surface area contributed by atoms with Gasteiger partial charge in [0.15, 0.2) is 47.7 Å². The molecule has 24 heteroatoms. The minimum atomic E-state index is -4.43. The highest BCUT2D eigenvalue weighted by atomic mass is 32.7. The van der Waals surface area contributed by atoms with E-state index in [1.165, 1.54) is 34.4 Å². The third kappa shape index (κ3) is 4.77. The van der Waals surface area contributed by atoms with E-state index in [1.807, 2.05) is 0 Å². The van der Waals surface area contributed by atoms with E-state index in [-0.39, 0.29) is 40.4 Å². The second-order valence-electron chi connectivity index (χ2n) is 10.7. The van der Waals surface area contributed by atoms with E-state index in [0.717, 1.165) is 0 Å². The van der Waals surface area contributed by atoms with Crippen LogP contribution in [0.15, 0.2) is 25.3 Å². The Morgan fingerprint density at radius 1 is 0.956 bits per heavy atom. The summed E-state index contributed by atoms with van der Waals surface area (Å²) in [6.45, 7) is -9.42. The summed E-state index contributed by atoms with van der Waals surface area (Å²) in [6, 6.07) is 0. The van der Waals surface area contributed by atoms with Crippen LogP contribution >= 0.6 is 25.8 Å². The molecule has 45 heavy (non-hydrogen) atoms. The van der Waals surface area contributed by atoms with Crippen LogP contribution in [0.4, 0.5) is 20.4 Å². The first-order chi connectivity index (χ1) is 21.4. The Kier molecular flexibility index (Phi) is 6.81. The van der Waals surface area contributed by atoms with Crippen molar-refractivity contribution in [3.8, 4) is 0 Å². The lowest BCUT2D eigenvalue weighted by atomic mass is 10.1. The molecule has 7 heterocycles. The lowest BCUT2D eigenvalue weighted by molar-refractivity contribution is -0.0651. The lowest BCUT2D eigenvalue weighted by Gasteiger charge is -2.27. The monoisotopic (exact) mass is 706 g/mol. The standard InChI is InChI=1S/C21H22F2N10O8P2S2/c22-9-7-2-36-42(34,44)41-14-10(23)19(32-5-30-11-15(24)26-3-28-17(11)32)38-21(14)1-8(21)39-43(35,45)40-13(9)20(37-7)33-6-31-12-16(25)27-4-29-18(12)33/h3-10,13-14,19-20H,1-2H2,(H,34,44)(H,35,45)(H2,24,26,28)(H2,25,27,29)/t7?,8-,9+,10-,13-,14+,19-,20-,21?,42?,43?/m1/s1. The second-order valence-corrected chi connectivity index (χ2v) is 16.3. The van der Waals surface area contributed by atoms with Gasteiger partial charge in [-0.2, -0.15) is 0 Å². The zero-order valence-corrected chi connectivity index (χ0v) is 25.9. The molecule has 4 aromatic rings. The molecule has 5 N–H and O–H groups in total. The molecule has 1 aliphatic carbocycles. The highest BCUT2D eigenvalue weighted by Crippen LogP contribution is 2.67. The average Bonchev–Trinajstić information content (AvgIpc) is 3.36. The van der Waals surface area contributed by atoms with Crippen LogP contribution in [0.2, 0.25) is 0 Å². The third-order valence-corrected chi connectivity index (χ3v) is 11.2. The van der Waals surface area contributed by atoms with E-state index >= 15 is 8.78 Å². The Balaban J connectivity index is 1.14. The molecule has 1 saturated carbocycles. The van der Waals surface area contributed by atoms with Gasteiger partial charge in [0.05, 0.1) is 19.3 Å². The van der Waals surface area contributed by atoms with Crippen molar-refractivity contribution in [2.45, 2.75) is 61.2 Å². The summed E-state index contributed by atoms with van der Waals surface area (Å²) in [6.07, 6.45) is -7.76. The number of fused-ring (bicyclic) bond motifs is 4. The smallest absolute Gasteiger partial charge is 0.382 e. The lowest BCUT2D eigenvalue weighted by Crippen LogP contribution is -2.35. The largest absolute Gasteiger partial charge is 0.386 e. The fraction of sp³-hybridized carbons (Fsp3) is 0.524. The molecule has 4 unspecified atom stereocenters. The van der Waals surface area contributed by atoms with Gasteiger partial charge in [-0.1, -0.05) is 12.2 Å². The molecular weight excluding hydrogens is 684 g/mol. The van der Waals surface area contributed by atoms with E-state index in [9.17, 15) is 9.46 Å². The van der Waals surface area contributed by atoms with Crippen LogP contribution < -0.4 is 11.5 Å². The minimum absolute atomic E-state index is 0.0593. The molecule has 3 saturated heterocycles. The van der Waals surface area contributed by atoms with Gasteiger partial charge in [-0.25, -0.2) is 43.2 Å². The van der Waals surface area contributed by atoms with Crippen molar-refractivity contribution in [3.63, 3.8) is 0 Å². The molecule has 8 rings (SSSR count).